The first kappa shape index (κ1) is 22.4. The molecular formula is C24H26BrN3O4S. The molecule has 0 N–H and O–H groups in total. The van der Waals surface area contributed by atoms with Gasteiger partial charge in [-0.3, -0.25) is 4.79 Å². The summed E-state index contributed by atoms with van der Waals surface area (Å²) in [6, 6.07) is 7.83. The van der Waals surface area contributed by atoms with Crippen molar-refractivity contribution in [1.82, 2.24) is 9.88 Å². The number of carbonyl (C=O) groups excluding carboxylic acids is 1. The van der Waals surface area contributed by atoms with Crippen LogP contribution in [-0.4, -0.2) is 47.7 Å². The summed E-state index contributed by atoms with van der Waals surface area (Å²) in [4.78, 5) is 24.2. The van der Waals surface area contributed by atoms with E-state index in [9.17, 15) is 4.79 Å². The molecule has 0 saturated carbocycles. The molecule has 3 aromatic rings. The Bertz CT molecular complexity index is 1240. The molecule has 1 amide bonds. The highest BCUT2D eigenvalue weighted by atomic mass is 79.9. The molecule has 2 aliphatic heterocycles. The van der Waals surface area contributed by atoms with Crippen molar-refractivity contribution in [2.45, 2.75) is 39.0 Å². The summed E-state index contributed by atoms with van der Waals surface area (Å²) in [6.45, 7) is 5.63. The van der Waals surface area contributed by atoms with E-state index < -0.39 is 0 Å². The number of benzene rings is 1. The van der Waals surface area contributed by atoms with Gasteiger partial charge in [-0.05, 0) is 32.0 Å². The van der Waals surface area contributed by atoms with Crippen LogP contribution in [0.25, 0.3) is 10.2 Å². The van der Waals surface area contributed by atoms with E-state index in [4.69, 9.17) is 19.2 Å². The number of anilines is 1. The fourth-order valence-corrected chi connectivity index (χ4v) is 6.02. The molecule has 2 aliphatic rings. The molecule has 2 aromatic heterocycles. The minimum absolute atomic E-state index is 0.0117. The predicted octanol–water partition coefficient (Wildman–Crippen LogP) is 4.94. The summed E-state index contributed by atoms with van der Waals surface area (Å²) in [5, 5.41) is 1.02. The molecule has 9 heteroatoms. The standard InChI is InChI=1S/C24H26BrN3O4S/c1-24(2)9-18-15(11-32-24)7-17-20-21(33-22(17)26-18)23(29)27(13-28(20)12-25)10-14-5-6-16(30-3)8-19(14)31-4/h5-8H,9-13H2,1-4H3. The Morgan fingerprint density at radius 1 is 1.21 bits per heavy atom. The zero-order chi connectivity index (χ0) is 23.3. The molecule has 33 heavy (non-hydrogen) atoms. The molecule has 0 unspecified atom stereocenters. The van der Waals surface area contributed by atoms with Crippen molar-refractivity contribution in [2.24, 2.45) is 0 Å². The van der Waals surface area contributed by atoms with Gasteiger partial charge in [0.1, 0.15) is 21.2 Å². The number of methoxy groups -OCH3 is 2. The second kappa shape index (κ2) is 8.45. The highest BCUT2D eigenvalue weighted by Crippen LogP contribution is 2.43. The van der Waals surface area contributed by atoms with E-state index in [0.29, 0.717) is 31.0 Å². The first-order valence-corrected chi connectivity index (χ1v) is 12.7. The molecule has 0 atom stereocenters. The Balaban J connectivity index is 1.53. The van der Waals surface area contributed by atoms with Gasteiger partial charge < -0.3 is 24.0 Å². The molecule has 4 heterocycles. The number of hydrogen-bond donors (Lipinski definition) is 0. The lowest BCUT2D eigenvalue weighted by Crippen LogP contribution is -2.45. The number of pyridine rings is 1. The Kier molecular flexibility index (Phi) is 5.74. The van der Waals surface area contributed by atoms with Gasteiger partial charge >= 0.3 is 0 Å². The van der Waals surface area contributed by atoms with Crippen molar-refractivity contribution in [3.05, 3.63) is 46.0 Å². The number of thiophene rings is 1. The second-order valence-corrected chi connectivity index (χ2v) is 10.4. The zero-order valence-electron chi connectivity index (χ0n) is 19.1. The first-order valence-electron chi connectivity index (χ1n) is 10.7. The monoisotopic (exact) mass is 531 g/mol. The van der Waals surface area contributed by atoms with E-state index in [1.54, 1.807) is 14.2 Å². The number of alkyl halides is 1. The first-order chi connectivity index (χ1) is 15.8. The van der Waals surface area contributed by atoms with Crippen LogP contribution in [0.1, 0.15) is 40.3 Å². The van der Waals surface area contributed by atoms with Gasteiger partial charge in [0.15, 0.2) is 0 Å². The van der Waals surface area contributed by atoms with Gasteiger partial charge in [-0.25, -0.2) is 4.98 Å². The second-order valence-electron chi connectivity index (χ2n) is 8.93. The van der Waals surface area contributed by atoms with Gasteiger partial charge in [-0.2, -0.15) is 0 Å². The van der Waals surface area contributed by atoms with E-state index in [1.165, 1.54) is 11.3 Å². The highest BCUT2D eigenvalue weighted by Gasteiger charge is 2.35. The average molecular weight is 532 g/mol. The zero-order valence-corrected chi connectivity index (χ0v) is 21.5. The van der Waals surface area contributed by atoms with Crippen LogP contribution >= 0.6 is 27.3 Å². The van der Waals surface area contributed by atoms with Crippen molar-refractivity contribution in [3.63, 3.8) is 0 Å². The number of nitrogens with zero attached hydrogens (tertiary/aromatic N) is 3. The van der Waals surface area contributed by atoms with Crippen molar-refractivity contribution < 1.29 is 19.0 Å². The van der Waals surface area contributed by atoms with Crippen LogP contribution in [0.2, 0.25) is 0 Å². The third-order valence-electron chi connectivity index (χ3n) is 6.18. The molecule has 7 nitrogen and oxygen atoms in total. The van der Waals surface area contributed by atoms with Gasteiger partial charge in [-0.15, -0.1) is 11.3 Å². The maximum Gasteiger partial charge on any atom is 0.267 e. The summed E-state index contributed by atoms with van der Waals surface area (Å²) in [5.74, 6) is 1.43. The molecular weight excluding hydrogens is 506 g/mol. The van der Waals surface area contributed by atoms with Crippen LogP contribution in [0.3, 0.4) is 0 Å². The molecule has 0 aliphatic carbocycles. The van der Waals surface area contributed by atoms with E-state index in [-0.39, 0.29) is 11.5 Å². The fraction of sp³-hybridized carbons (Fsp3) is 0.417. The number of ether oxygens (including phenoxy) is 3. The molecule has 174 valence electrons. The Hall–Kier alpha value is -2.36. The van der Waals surface area contributed by atoms with Gasteiger partial charge in [-0.1, -0.05) is 15.9 Å². The van der Waals surface area contributed by atoms with Crippen molar-refractivity contribution in [2.75, 3.05) is 31.2 Å². The maximum atomic E-state index is 13.6. The number of rotatable bonds is 5. The number of aromatic nitrogens is 1. The van der Waals surface area contributed by atoms with Crippen molar-refractivity contribution in [1.29, 1.82) is 0 Å². The van der Waals surface area contributed by atoms with Crippen LogP contribution in [0, 0.1) is 0 Å². The summed E-state index contributed by atoms with van der Waals surface area (Å²) < 4.78 is 16.9. The highest BCUT2D eigenvalue weighted by molar-refractivity contribution is 9.09. The fourth-order valence-electron chi connectivity index (χ4n) is 4.45. The molecule has 0 bridgehead atoms. The quantitative estimate of drug-likeness (QED) is 0.343. The molecule has 0 spiro atoms. The number of amides is 1. The number of fused-ring (bicyclic) bond motifs is 4. The van der Waals surface area contributed by atoms with Crippen LogP contribution < -0.4 is 14.4 Å². The SMILES string of the molecule is COc1ccc(CN2CN(CBr)c3c(sc4nc5c(cc34)COC(C)(C)C5)C2=O)c(OC)c1. The summed E-state index contributed by atoms with van der Waals surface area (Å²) in [6.07, 6.45) is 0.764. The van der Waals surface area contributed by atoms with Crippen LogP contribution in [0.15, 0.2) is 24.3 Å². The smallest absolute Gasteiger partial charge is 0.267 e. The van der Waals surface area contributed by atoms with Crippen LogP contribution in [-0.2, 0) is 24.3 Å². The Labute approximate surface area is 205 Å². The Morgan fingerprint density at radius 3 is 2.76 bits per heavy atom. The van der Waals surface area contributed by atoms with E-state index in [2.05, 4.69) is 40.7 Å². The topological polar surface area (TPSA) is 64.1 Å². The summed E-state index contributed by atoms with van der Waals surface area (Å²) >= 11 is 5.10. The van der Waals surface area contributed by atoms with Gasteiger partial charge in [0.2, 0.25) is 0 Å². The lowest BCUT2D eigenvalue weighted by Gasteiger charge is -2.36. The van der Waals surface area contributed by atoms with E-state index in [0.717, 1.165) is 49.8 Å². The minimum Gasteiger partial charge on any atom is -0.497 e. The summed E-state index contributed by atoms with van der Waals surface area (Å²) in [5.41, 5.74) is 4.44. The molecule has 1 aromatic carbocycles. The third kappa shape index (κ3) is 3.96. The summed E-state index contributed by atoms with van der Waals surface area (Å²) in [7, 11) is 3.25. The lowest BCUT2D eigenvalue weighted by molar-refractivity contribution is -0.0411. The molecule has 5 rings (SSSR count). The van der Waals surface area contributed by atoms with Crippen molar-refractivity contribution >= 4 is 49.1 Å². The van der Waals surface area contributed by atoms with Gasteiger partial charge in [0, 0.05) is 29.0 Å². The minimum atomic E-state index is -0.226. The normalized spacial score (nSPS) is 17.2. The van der Waals surface area contributed by atoms with Gasteiger partial charge in [0.05, 0.1) is 56.5 Å². The van der Waals surface area contributed by atoms with E-state index in [1.807, 2.05) is 23.1 Å². The van der Waals surface area contributed by atoms with Gasteiger partial charge in [0.25, 0.3) is 5.91 Å². The third-order valence-corrected chi connectivity index (χ3v) is 7.86. The number of hydrogen-bond acceptors (Lipinski definition) is 7. The van der Waals surface area contributed by atoms with Crippen LogP contribution in [0.5, 0.6) is 11.5 Å². The van der Waals surface area contributed by atoms with E-state index >= 15 is 0 Å². The molecule has 0 fully saturated rings. The Morgan fingerprint density at radius 2 is 2.03 bits per heavy atom. The lowest BCUT2D eigenvalue weighted by atomic mass is 9.95. The number of carbonyl (C=O) groups is 1. The largest absolute Gasteiger partial charge is 0.497 e. The maximum absolute atomic E-state index is 13.6. The number of halogens is 1. The molecule has 0 saturated heterocycles. The molecule has 0 radical (unpaired) electrons. The van der Waals surface area contributed by atoms with Crippen LogP contribution in [0.4, 0.5) is 5.69 Å². The van der Waals surface area contributed by atoms with Crippen molar-refractivity contribution in [3.8, 4) is 11.5 Å². The average Bonchev–Trinajstić information content (AvgIpc) is 3.17. The predicted molar refractivity (Wildman–Crippen MR) is 133 cm³/mol.